The number of carbonyl (C=O) groups excluding carboxylic acids is 1. The van der Waals surface area contributed by atoms with Crippen molar-refractivity contribution in [3.8, 4) is 6.07 Å². The average Bonchev–Trinajstić information content (AvgIpc) is 3.22. The number of pyridine rings is 1. The van der Waals surface area contributed by atoms with Crippen molar-refractivity contribution in [2.45, 2.75) is 6.54 Å². The van der Waals surface area contributed by atoms with Crippen LogP contribution >= 0.6 is 41.6 Å². The Bertz CT molecular complexity index is 1550. The lowest BCUT2D eigenvalue weighted by molar-refractivity contribution is 0.0947. The monoisotopic (exact) mass is 626 g/mol. The van der Waals surface area contributed by atoms with E-state index in [-0.39, 0.29) is 32.5 Å². The zero-order valence-corrected chi connectivity index (χ0v) is 21.7. The van der Waals surface area contributed by atoms with E-state index in [1.165, 1.54) is 25.3 Å². The number of nitrogens with one attached hydrogen (secondary N) is 2. The molecule has 0 bridgehead atoms. The third kappa shape index (κ3) is 4.82. The largest absolute Gasteiger partial charge is 0.350 e. The molecule has 0 radical (unpaired) electrons. The first-order valence-corrected chi connectivity index (χ1v) is 13.0. The summed E-state index contributed by atoms with van der Waals surface area (Å²) in [5.74, 6) is -2.59. The van der Waals surface area contributed by atoms with Crippen molar-refractivity contribution in [1.29, 1.82) is 5.26 Å². The third-order valence-corrected chi connectivity index (χ3v) is 8.64. The number of benzene rings is 2. The Kier molecular flexibility index (Phi) is 7.24. The molecule has 0 aliphatic rings. The molecule has 0 spiro atoms. The van der Waals surface area contributed by atoms with E-state index in [1.54, 1.807) is 18.2 Å². The van der Waals surface area contributed by atoms with Crippen LogP contribution < -0.4 is 15.9 Å². The van der Waals surface area contributed by atoms with Crippen molar-refractivity contribution < 1.29 is 22.7 Å². The van der Waals surface area contributed by atoms with Crippen LogP contribution in [-0.2, 0) is 15.6 Å². The van der Waals surface area contributed by atoms with Crippen LogP contribution in [0, 0.1) is 26.5 Å². The molecule has 0 saturated carbocycles. The minimum atomic E-state index is -3.98. The van der Waals surface area contributed by atoms with Gasteiger partial charge in [-0.2, -0.15) is 5.26 Å². The number of carbonyl (C=O) groups is 1. The standard InChI is InChI=1S/C23H15ClF2IN4O3P/c1-34-35(33,15-5-12(8-28)4-13(24)6-15)22-16-7-14(27)2-3-20(16)31-21(22)23(32)30-9-17-18(25)10-29-11-19(17)26/h2-7,10-11,31H,9H2,1H3,(H,30,32). The highest BCUT2D eigenvalue weighted by molar-refractivity contribution is 14.1. The van der Waals surface area contributed by atoms with Gasteiger partial charge in [-0.25, -0.2) is 8.78 Å². The minimum absolute atomic E-state index is 0.0489. The average molecular weight is 627 g/mol. The Balaban J connectivity index is 1.88. The van der Waals surface area contributed by atoms with Gasteiger partial charge in [-0.1, -0.05) is 11.6 Å². The van der Waals surface area contributed by atoms with Gasteiger partial charge in [0.1, 0.15) is 17.3 Å². The molecule has 2 heterocycles. The van der Waals surface area contributed by atoms with E-state index >= 15 is 0 Å². The number of fused-ring (bicyclic) bond motifs is 1. The Morgan fingerprint density at radius 1 is 1.26 bits per heavy atom. The molecule has 0 aliphatic heterocycles. The van der Waals surface area contributed by atoms with Crippen LogP contribution in [0.25, 0.3) is 10.9 Å². The van der Waals surface area contributed by atoms with Crippen molar-refractivity contribution >= 4 is 69.0 Å². The predicted molar refractivity (Wildman–Crippen MR) is 136 cm³/mol. The van der Waals surface area contributed by atoms with E-state index in [0.29, 0.717) is 10.9 Å². The summed E-state index contributed by atoms with van der Waals surface area (Å²) < 4.78 is 48.7. The van der Waals surface area contributed by atoms with E-state index in [0.717, 1.165) is 16.0 Å². The minimum Gasteiger partial charge on any atom is -0.350 e. The molecule has 1 unspecified atom stereocenters. The fourth-order valence-corrected chi connectivity index (χ4v) is 6.64. The highest BCUT2D eigenvalue weighted by atomic mass is 127. The topological polar surface area (TPSA) is 108 Å². The fourth-order valence-electron chi connectivity index (χ4n) is 3.62. The molecule has 12 heteroatoms. The van der Waals surface area contributed by atoms with Crippen LogP contribution in [0.1, 0.15) is 21.6 Å². The second-order valence-electron chi connectivity index (χ2n) is 7.35. The maximum absolute atomic E-state index is 14.4. The van der Waals surface area contributed by atoms with Crippen molar-refractivity contribution in [3.05, 3.63) is 85.8 Å². The number of halogens is 4. The quantitative estimate of drug-likeness (QED) is 0.237. The zero-order chi connectivity index (χ0) is 25.3. The lowest BCUT2D eigenvalue weighted by atomic mass is 10.2. The molecule has 2 aromatic carbocycles. The number of nitriles is 1. The van der Waals surface area contributed by atoms with Crippen molar-refractivity contribution in [3.63, 3.8) is 0 Å². The van der Waals surface area contributed by atoms with Crippen LogP contribution in [0.15, 0.2) is 48.8 Å². The SMILES string of the molecule is COP(=O)(c1cc(Cl)cc(C#N)c1)c1c(C(=O)NCc2c(F)cncc2F)[nH]c2ccc(I)cc12. The highest BCUT2D eigenvalue weighted by Crippen LogP contribution is 2.47. The zero-order valence-electron chi connectivity index (χ0n) is 17.9. The molecule has 1 amide bonds. The summed E-state index contributed by atoms with van der Waals surface area (Å²) in [5.41, 5.74) is 0.171. The molecule has 2 aromatic heterocycles. The van der Waals surface area contributed by atoms with E-state index < -0.39 is 31.5 Å². The summed E-state index contributed by atoms with van der Waals surface area (Å²) in [6, 6.07) is 11.4. The summed E-state index contributed by atoms with van der Waals surface area (Å²) in [7, 11) is -2.76. The summed E-state index contributed by atoms with van der Waals surface area (Å²) in [6.07, 6.45) is 1.68. The second kappa shape index (κ2) is 10.0. The van der Waals surface area contributed by atoms with Gasteiger partial charge >= 0.3 is 0 Å². The number of amides is 1. The Hall–Kier alpha value is -2.84. The van der Waals surface area contributed by atoms with Crippen LogP contribution in [-0.4, -0.2) is 23.0 Å². The van der Waals surface area contributed by atoms with Gasteiger partial charge in [-0.3, -0.25) is 14.3 Å². The van der Waals surface area contributed by atoms with Crippen molar-refractivity contribution in [2.24, 2.45) is 0 Å². The molecule has 0 saturated heterocycles. The first-order valence-electron chi connectivity index (χ1n) is 9.93. The van der Waals surface area contributed by atoms with Crippen LogP contribution in [0.3, 0.4) is 0 Å². The van der Waals surface area contributed by atoms with Gasteiger partial charge in [0.15, 0.2) is 0 Å². The maximum atomic E-state index is 14.4. The number of hydrogen-bond acceptors (Lipinski definition) is 5. The lowest BCUT2D eigenvalue weighted by Gasteiger charge is -2.19. The highest BCUT2D eigenvalue weighted by Gasteiger charge is 2.36. The molecule has 35 heavy (non-hydrogen) atoms. The number of aromatic nitrogens is 2. The molecule has 0 aliphatic carbocycles. The fraction of sp³-hybridized carbons (Fsp3) is 0.0870. The Morgan fingerprint density at radius 2 is 1.97 bits per heavy atom. The number of nitrogens with zero attached hydrogens (tertiary/aromatic N) is 2. The van der Waals surface area contributed by atoms with Crippen LogP contribution in [0.4, 0.5) is 8.78 Å². The van der Waals surface area contributed by atoms with E-state index in [2.05, 4.69) is 37.9 Å². The van der Waals surface area contributed by atoms with Gasteiger partial charge in [-0.15, -0.1) is 0 Å². The molecule has 7 nitrogen and oxygen atoms in total. The first kappa shape index (κ1) is 25.3. The van der Waals surface area contributed by atoms with Crippen molar-refractivity contribution in [1.82, 2.24) is 15.3 Å². The Morgan fingerprint density at radius 3 is 2.63 bits per heavy atom. The molecular formula is C23H15ClF2IN4O3P. The molecular weight excluding hydrogens is 612 g/mol. The molecule has 4 rings (SSSR count). The van der Waals surface area contributed by atoms with Crippen molar-refractivity contribution in [2.75, 3.05) is 7.11 Å². The maximum Gasteiger partial charge on any atom is 0.268 e. The van der Waals surface area contributed by atoms with Crippen LogP contribution in [0.5, 0.6) is 0 Å². The van der Waals surface area contributed by atoms with Gasteiger partial charge in [0.25, 0.3) is 13.3 Å². The third-order valence-electron chi connectivity index (χ3n) is 5.24. The summed E-state index contributed by atoms with van der Waals surface area (Å²) in [4.78, 5) is 19.6. The summed E-state index contributed by atoms with van der Waals surface area (Å²) in [6.45, 7) is -0.474. The lowest BCUT2D eigenvalue weighted by Crippen LogP contribution is -2.30. The second-order valence-corrected chi connectivity index (χ2v) is 11.5. The van der Waals surface area contributed by atoms with Gasteiger partial charge in [-0.05, 0) is 59.0 Å². The van der Waals surface area contributed by atoms with E-state index in [1.807, 2.05) is 6.07 Å². The smallest absolute Gasteiger partial charge is 0.268 e. The molecule has 2 N–H and O–H groups in total. The number of aromatic amines is 1. The van der Waals surface area contributed by atoms with E-state index in [9.17, 15) is 23.4 Å². The molecule has 4 aromatic rings. The number of hydrogen-bond donors (Lipinski definition) is 2. The summed E-state index contributed by atoms with van der Waals surface area (Å²) >= 11 is 8.23. The predicted octanol–water partition coefficient (Wildman–Crippen LogP) is 4.78. The normalized spacial score (nSPS) is 12.8. The van der Waals surface area contributed by atoms with Gasteiger partial charge in [0.2, 0.25) is 0 Å². The van der Waals surface area contributed by atoms with Crippen LogP contribution in [0.2, 0.25) is 5.02 Å². The van der Waals surface area contributed by atoms with E-state index in [4.69, 9.17) is 16.1 Å². The van der Waals surface area contributed by atoms with Gasteiger partial charge in [0, 0.05) is 44.0 Å². The van der Waals surface area contributed by atoms with Gasteiger partial charge in [0.05, 0.1) is 29.3 Å². The number of H-pyrrole nitrogens is 1. The Labute approximate surface area is 217 Å². The molecule has 178 valence electrons. The summed E-state index contributed by atoms with van der Waals surface area (Å²) in [5, 5.41) is 12.6. The number of rotatable bonds is 6. The van der Waals surface area contributed by atoms with Gasteiger partial charge < -0.3 is 14.8 Å². The first-order chi connectivity index (χ1) is 16.7. The molecule has 1 atom stereocenters. The molecule has 0 fully saturated rings.